The van der Waals surface area contributed by atoms with Crippen molar-refractivity contribution in [3.8, 4) is 0 Å². The predicted octanol–water partition coefficient (Wildman–Crippen LogP) is 2.65. The lowest BCUT2D eigenvalue weighted by atomic mass is 10.3. The summed E-state index contributed by atoms with van der Waals surface area (Å²) in [4.78, 5) is 9.59. The molecule has 1 saturated heterocycles. The van der Waals surface area contributed by atoms with Gasteiger partial charge in [0.05, 0.1) is 11.1 Å². The van der Waals surface area contributed by atoms with Gasteiger partial charge in [-0.25, -0.2) is 0 Å². The highest BCUT2D eigenvalue weighted by atomic mass is 32.1. The van der Waals surface area contributed by atoms with Crippen LogP contribution in [0, 0.1) is 0 Å². The molecule has 0 spiro atoms. The second-order valence-electron chi connectivity index (χ2n) is 5.93. The van der Waals surface area contributed by atoms with Gasteiger partial charge in [0.15, 0.2) is 5.96 Å². The molecule has 2 rings (SSSR count). The molecule has 1 aromatic heterocycles. The minimum Gasteiger partial charge on any atom is -0.379 e. The highest BCUT2D eigenvalue weighted by Gasteiger charge is 2.20. The van der Waals surface area contributed by atoms with Crippen molar-refractivity contribution in [2.45, 2.75) is 33.3 Å². The fourth-order valence-corrected chi connectivity index (χ4v) is 3.37. The molecule has 0 amide bonds. The number of guanidine groups is 1. The number of piperazine rings is 1. The normalized spacial score (nSPS) is 16.3. The van der Waals surface area contributed by atoms with Crippen molar-refractivity contribution < 1.29 is 4.74 Å². The van der Waals surface area contributed by atoms with E-state index in [0.29, 0.717) is 6.10 Å². The second kappa shape index (κ2) is 9.78. The van der Waals surface area contributed by atoms with Gasteiger partial charge in [-0.2, -0.15) is 0 Å². The van der Waals surface area contributed by atoms with Gasteiger partial charge in [-0.3, -0.25) is 4.99 Å². The van der Waals surface area contributed by atoms with Gasteiger partial charge in [0.25, 0.3) is 0 Å². The first kappa shape index (κ1) is 18.1. The summed E-state index contributed by atoms with van der Waals surface area (Å²) in [6.07, 6.45) is 1.28. The van der Waals surface area contributed by atoms with Crippen LogP contribution in [0.15, 0.2) is 22.5 Å². The van der Waals surface area contributed by atoms with E-state index in [1.807, 2.05) is 11.3 Å². The molecule has 2 heterocycles. The third kappa shape index (κ3) is 6.03. The van der Waals surface area contributed by atoms with Gasteiger partial charge >= 0.3 is 0 Å². The van der Waals surface area contributed by atoms with Gasteiger partial charge in [0.1, 0.15) is 0 Å². The molecule has 1 fully saturated rings. The summed E-state index contributed by atoms with van der Waals surface area (Å²) in [5.41, 5.74) is 0. The maximum absolute atomic E-state index is 5.58. The molecule has 0 saturated carbocycles. The Morgan fingerprint density at radius 2 is 2.13 bits per heavy atom. The minimum absolute atomic E-state index is 0.303. The van der Waals surface area contributed by atoms with Crippen LogP contribution in [0.25, 0.3) is 0 Å². The molecule has 1 N–H and O–H groups in total. The first-order valence-electron chi connectivity index (χ1n) is 8.64. The quantitative estimate of drug-likeness (QED) is 0.471. The number of anilines is 1. The Hall–Kier alpha value is -1.27. The SMILES string of the molecule is CCNC(=NCCCOC(C)C)N1CCN(c2cccs2)CC1. The van der Waals surface area contributed by atoms with Crippen LogP contribution in [0.1, 0.15) is 27.2 Å². The van der Waals surface area contributed by atoms with Crippen LogP contribution in [0.5, 0.6) is 0 Å². The lowest BCUT2D eigenvalue weighted by molar-refractivity contribution is 0.0782. The van der Waals surface area contributed by atoms with Gasteiger partial charge in [-0.1, -0.05) is 0 Å². The average Bonchev–Trinajstić information content (AvgIpc) is 3.08. The lowest BCUT2D eigenvalue weighted by Gasteiger charge is -2.37. The monoisotopic (exact) mass is 338 g/mol. The molecule has 1 aliphatic rings. The Bertz CT molecular complexity index is 453. The second-order valence-corrected chi connectivity index (χ2v) is 6.86. The molecule has 5 nitrogen and oxygen atoms in total. The van der Waals surface area contributed by atoms with Crippen molar-refractivity contribution in [1.29, 1.82) is 0 Å². The maximum atomic E-state index is 5.58. The third-order valence-corrected chi connectivity index (χ3v) is 4.68. The highest BCUT2D eigenvalue weighted by Crippen LogP contribution is 2.22. The van der Waals surface area contributed by atoms with E-state index in [4.69, 9.17) is 9.73 Å². The van der Waals surface area contributed by atoms with Gasteiger partial charge in [-0.05, 0) is 44.7 Å². The van der Waals surface area contributed by atoms with E-state index < -0.39 is 0 Å². The number of hydrogen-bond donors (Lipinski definition) is 1. The number of rotatable bonds is 7. The van der Waals surface area contributed by atoms with E-state index in [0.717, 1.165) is 58.3 Å². The van der Waals surface area contributed by atoms with Gasteiger partial charge in [-0.15, -0.1) is 11.3 Å². The van der Waals surface area contributed by atoms with Crippen LogP contribution in [0.4, 0.5) is 5.00 Å². The molecule has 1 aliphatic heterocycles. The van der Waals surface area contributed by atoms with Gasteiger partial charge in [0, 0.05) is 45.9 Å². The molecule has 0 radical (unpaired) electrons. The summed E-state index contributed by atoms with van der Waals surface area (Å²) < 4.78 is 5.58. The Kier molecular flexibility index (Phi) is 7.68. The predicted molar refractivity (Wildman–Crippen MR) is 99.8 cm³/mol. The van der Waals surface area contributed by atoms with Crippen molar-refractivity contribution in [2.24, 2.45) is 4.99 Å². The molecule has 6 heteroatoms. The van der Waals surface area contributed by atoms with Crippen molar-refractivity contribution in [1.82, 2.24) is 10.2 Å². The molecule has 0 aromatic carbocycles. The van der Waals surface area contributed by atoms with Gasteiger partial charge < -0.3 is 19.9 Å². The fraction of sp³-hybridized carbons (Fsp3) is 0.706. The van der Waals surface area contributed by atoms with Crippen molar-refractivity contribution in [2.75, 3.05) is 50.8 Å². The molecule has 0 atom stereocenters. The first-order chi connectivity index (χ1) is 11.2. The number of nitrogens with zero attached hydrogens (tertiary/aromatic N) is 3. The van der Waals surface area contributed by atoms with Crippen LogP contribution in [0.2, 0.25) is 0 Å². The number of nitrogens with one attached hydrogen (secondary N) is 1. The Morgan fingerprint density at radius 1 is 1.35 bits per heavy atom. The molecule has 1 aromatic rings. The maximum Gasteiger partial charge on any atom is 0.194 e. The zero-order valence-corrected chi connectivity index (χ0v) is 15.4. The highest BCUT2D eigenvalue weighted by molar-refractivity contribution is 7.14. The van der Waals surface area contributed by atoms with Crippen molar-refractivity contribution in [3.63, 3.8) is 0 Å². The standard InChI is InChI=1S/C17H30N4OS/c1-4-18-17(19-8-6-13-22-15(2)3)21-11-9-20(10-12-21)16-7-5-14-23-16/h5,7,14-15H,4,6,8-13H2,1-3H3,(H,18,19). The zero-order valence-electron chi connectivity index (χ0n) is 14.6. The molecule has 0 bridgehead atoms. The van der Waals surface area contributed by atoms with Crippen molar-refractivity contribution >= 4 is 22.3 Å². The topological polar surface area (TPSA) is 40.1 Å². The number of thiophene rings is 1. The van der Waals surface area contributed by atoms with Crippen LogP contribution < -0.4 is 10.2 Å². The summed E-state index contributed by atoms with van der Waals surface area (Å²) in [5, 5.41) is 6.94. The molecular formula is C17H30N4OS. The van der Waals surface area contributed by atoms with E-state index in [1.165, 1.54) is 5.00 Å². The van der Waals surface area contributed by atoms with Crippen LogP contribution in [-0.4, -0.2) is 62.8 Å². The Balaban J connectivity index is 1.79. The largest absolute Gasteiger partial charge is 0.379 e. The summed E-state index contributed by atoms with van der Waals surface area (Å²) in [7, 11) is 0. The summed E-state index contributed by atoms with van der Waals surface area (Å²) in [5.74, 6) is 1.04. The van der Waals surface area contributed by atoms with Crippen LogP contribution >= 0.6 is 11.3 Å². The fourth-order valence-electron chi connectivity index (χ4n) is 2.58. The third-order valence-electron chi connectivity index (χ3n) is 3.75. The Morgan fingerprint density at radius 3 is 2.74 bits per heavy atom. The molecule has 23 heavy (non-hydrogen) atoms. The summed E-state index contributed by atoms with van der Waals surface area (Å²) >= 11 is 1.82. The zero-order chi connectivity index (χ0) is 16.5. The van der Waals surface area contributed by atoms with E-state index >= 15 is 0 Å². The summed E-state index contributed by atoms with van der Waals surface area (Å²) in [6, 6.07) is 4.32. The van der Waals surface area contributed by atoms with E-state index in [1.54, 1.807) is 0 Å². The lowest BCUT2D eigenvalue weighted by Crippen LogP contribution is -2.52. The number of hydrogen-bond acceptors (Lipinski definition) is 4. The van der Waals surface area contributed by atoms with Crippen molar-refractivity contribution in [3.05, 3.63) is 17.5 Å². The summed E-state index contributed by atoms with van der Waals surface area (Å²) in [6.45, 7) is 12.9. The number of aliphatic imine (C=N–C) groups is 1. The molecule has 0 aliphatic carbocycles. The average molecular weight is 339 g/mol. The Labute approximate surface area is 144 Å². The first-order valence-corrected chi connectivity index (χ1v) is 9.52. The molecule has 0 unspecified atom stereocenters. The van der Waals surface area contributed by atoms with E-state index in [-0.39, 0.29) is 0 Å². The minimum atomic E-state index is 0.303. The molecular weight excluding hydrogens is 308 g/mol. The number of ether oxygens (including phenoxy) is 1. The smallest absolute Gasteiger partial charge is 0.194 e. The molecule has 130 valence electrons. The van der Waals surface area contributed by atoms with E-state index in [2.05, 4.69) is 53.4 Å². The van der Waals surface area contributed by atoms with Crippen LogP contribution in [-0.2, 0) is 4.74 Å². The van der Waals surface area contributed by atoms with Gasteiger partial charge in [0.2, 0.25) is 0 Å². The van der Waals surface area contributed by atoms with E-state index in [9.17, 15) is 0 Å². The van der Waals surface area contributed by atoms with Crippen LogP contribution in [0.3, 0.4) is 0 Å².